The fourth-order valence-electron chi connectivity index (χ4n) is 3.12. The minimum absolute atomic E-state index is 0.161. The van der Waals surface area contributed by atoms with Crippen molar-refractivity contribution >= 4 is 33.3 Å². The highest BCUT2D eigenvalue weighted by Gasteiger charge is 2.21. The highest BCUT2D eigenvalue weighted by molar-refractivity contribution is 7.92. The quantitative estimate of drug-likeness (QED) is 0.449. The van der Waals surface area contributed by atoms with Crippen LogP contribution in [0.5, 0.6) is 11.5 Å². The second kappa shape index (κ2) is 10.9. The molecular formula is C25H26N2O7S. The molecule has 0 radical (unpaired) electrons. The summed E-state index contributed by atoms with van der Waals surface area (Å²) in [5.74, 6) is -0.323. The van der Waals surface area contributed by atoms with Crippen LogP contribution in [-0.4, -0.2) is 48.2 Å². The third kappa shape index (κ3) is 6.10. The lowest BCUT2D eigenvalue weighted by Crippen LogP contribution is -2.26. The lowest BCUT2D eigenvalue weighted by atomic mass is 10.2. The van der Waals surface area contributed by atoms with Gasteiger partial charge >= 0.3 is 5.97 Å². The third-order valence-corrected chi connectivity index (χ3v) is 6.96. The van der Waals surface area contributed by atoms with E-state index in [1.807, 2.05) is 6.92 Å². The van der Waals surface area contributed by atoms with Crippen molar-refractivity contribution in [3.63, 3.8) is 0 Å². The number of hydrogen-bond donors (Lipinski definition) is 1. The van der Waals surface area contributed by atoms with E-state index in [1.165, 1.54) is 45.5 Å². The lowest BCUT2D eigenvalue weighted by Gasteiger charge is -2.20. The van der Waals surface area contributed by atoms with Crippen LogP contribution in [-0.2, 0) is 19.6 Å². The number of rotatable bonds is 9. The Kier molecular flexibility index (Phi) is 7.98. The van der Waals surface area contributed by atoms with Crippen LogP contribution >= 0.6 is 0 Å². The summed E-state index contributed by atoms with van der Waals surface area (Å²) < 4.78 is 42.2. The molecule has 3 aromatic rings. The maximum atomic E-state index is 12.8. The van der Waals surface area contributed by atoms with Gasteiger partial charge in [-0.2, -0.15) is 0 Å². The van der Waals surface area contributed by atoms with Gasteiger partial charge in [-0.05, 0) is 55.5 Å². The van der Waals surface area contributed by atoms with E-state index < -0.39 is 28.5 Å². The molecule has 0 unspecified atom stereocenters. The van der Waals surface area contributed by atoms with Crippen LogP contribution in [0.15, 0.2) is 71.6 Å². The van der Waals surface area contributed by atoms with E-state index in [0.717, 1.165) is 9.87 Å². The Bertz CT molecular complexity index is 1300. The van der Waals surface area contributed by atoms with E-state index in [2.05, 4.69) is 5.32 Å². The fourth-order valence-corrected chi connectivity index (χ4v) is 4.31. The smallest absolute Gasteiger partial charge is 0.338 e. The zero-order valence-corrected chi connectivity index (χ0v) is 20.6. The Morgan fingerprint density at radius 2 is 1.57 bits per heavy atom. The zero-order valence-electron chi connectivity index (χ0n) is 19.8. The molecule has 1 amide bonds. The first-order valence-electron chi connectivity index (χ1n) is 10.5. The van der Waals surface area contributed by atoms with Crippen molar-refractivity contribution < 1.29 is 32.2 Å². The highest BCUT2D eigenvalue weighted by Crippen LogP contribution is 2.29. The number of nitrogens with zero attached hydrogens (tertiary/aromatic N) is 1. The maximum Gasteiger partial charge on any atom is 0.338 e. The molecule has 9 nitrogen and oxygen atoms in total. The van der Waals surface area contributed by atoms with E-state index in [9.17, 15) is 18.0 Å². The summed E-state index contributed by atoms with van der Waals surface area (Å²) in [7, 11) is 0.643. The number of esters is 1. The van der Waals surface area contributed by atoms with Gasteiger partial charge in [-0.1, -0.05) is 17.7 Å². The molecule has 0 saturated carbocycles. The van der Waals surface area contributed by atoms with Crippen LogP contribution in [0, 0.1) is 6.92 Å². The molecule has 0 spiro atoms. The number of carbonyl (C=O) groups is 2. The van der Waals surface area contributed by atoms with Gasteiger partial charge in [0.1, 0.15) is 11.5 Å². The molecule has 1 N–H and O–H groups in total. The molecule has 3 rings (SSSR count). The largest absolute Gasteiger partial charge is 0.497 e. The Balaban J connectivity index is 1.61. The predicted molar refractivity (Wildman–Crippen MR) is 132 cm³/mol. The van der Waals surface area contributed by atoms with Crippen molar-refractivity contribution in [1.82, 2.24) is 0 Å². The van der Waals surface area contributed by atoms with Gasteiger partial charge in [-0.15, -0.1) is 0 Å². The van der Waals surface area contributed by atoms with Crippen molar-refractivity contribution in [1.29, 1.82) is 0 Å². The minimum atomic E-state index is -3.76. The van der Waals surface area contributed by atoms with E-state index in [4.69, 9.17) is 14.2 Å². The number of aryl methyl sites for hydroxylation is 1. The number of carbonyl (C=O) groups excluding carboxylic acids is 2. The average molecular weight is 499 g/mol. The zero-order chi connectivity index (χ0) is 25.6. The van der Waals surface area contributed by atoms with Crippen molar-refractivity contribution in [3.05, 3.63) is 77.9 Å². The summed E-state index contributed by atoms with van der Waals surface area (Å²) in [4.78, 5) is 24.8. The minimum Gasteiger partial charge on any atom is -0.497 e. The van der Waals surface area contributed by atoms with Crippen LogP contribution in [0.3, 0.4) is 0 Å². The van der Waals surface area contributed by atoms with Crippen molar-refractivity contribution in [2.45, 2.75) is 11.8 Å². The molecule has 0 atom stereocenters. The number of hydrogen-bond acceptors (Lipinski definition) is 7. The van der Waals surface area contributed by atoms with E-state index in [1.54, 1.807) is 42.5 Å². The summed E-state index contributed by atoms with van der Waals surface area (Å²) in [6, 6.07) is 17.3. The van der Waals surface area contributed by atoms with Crippen molar-refractivity contribution in [2.75, 3.05) is 37.5 Å². The molecule has 3 aromatic carbocycles. The topological polar surface area (TPSA) is 111 Å². The number of sulfonamides is 1. The molecule has 184 valence electrons. The number of amides is 1. The normalized spacial score (nSPS) is 10.9. The highest BCUT2D eigenvalue weighted by atomic mass is 32.2. The standard InChI is InChI=1S/C25H26N2O7S/c1-17-5-12-21(13-6-17)35(30,31)27(2)19-9-7-18(8-10-19)25(29)34-16-24(28)26-22-14-11-20(32-3)15-23(22)33-4/h5-15H,16H2,1-4H3,(H,26,28). The summed E-state index contributed by atoms with van der Waals surface area (Å²) in [5, 5.41) is 2.61. The molecule has 10 heteroatoms. The summed E-state index contributed by atoms with van der Waals surface area (Å²) in [5.41, 5.74) is 1.89. The van der Waals surface area contributed by atoms with Crippen LogP contribution in [0.4, 0.5) is 11.4 Å². The monoisotopic (exact) mass is 498 g/mol. The molecule has 0 aliphatic heterocycles. The molecule has 0 heterocycles. The van der Waals surface area contributed by atoms with Crippen molar-refractivity contribution in [3.8, 4) is 11.5 Å². The van der Waals surface area contributed by atoms with Gasteiger partial charge in [0.2, 0.25) is 0 Å². The van der Waals surface area contributed by atoms with Gasteiger partial charge in [-0.25, -0.2) is 13.2 Å². The summed E-state index contributed by atoms with van der Waals surface area (Å²) in [6.45, 7) is 1.36. The van der Waals surface area contributed by atoms with Gasteiger partial charge < -0.3 is 19.5 Å². The van der Waals surface area contributed by atoms with Gasteiger partial charge in [0.25, 0.3) is 15.9 Å². The molecule has 0 aromatic heterocycles. The molecule has 35 heavy (non-hydrogen) atoms. The number of methoxy groups -OCH3 is 2. The van der Waals surface area contributed by atoms with Crippen molar-refractivity contribution in [2.24, 2.45) is 0 Å². The number of benzene rings is 3. The van der Waals surface area contributed by atoms with Gasteiger partial charge in [0.15, 0.2) is 6.61 Å². The first kappa shape index (κ1) is 25.6. The molecule has 0 aliphatic rings. The van der Waals surface area contributed by atoms with Crippen LogP contribution in [0.25, 0.3) is 0 Å². The van der Waals surface area contributed by atoms with Crippen LogP contribution in [0.2, 0.25) is 0 Å². The molecule has 0 fully saturated rings. The van der Waals surface area contributed by atoms with E-state index in [-0.39, 0.29) is 10.5 Å². The number of anilines is 2. The maximum absolute atomic E-state index is 12.8. The SMILES string of the molecule is COc1ccc(NC(=O)COC(=O)c2ccc(N(C)S(=O)(=O)c3ccc(C)cc3)cc2)c(OC)c1. The van der Waals surface area contributed by atoms with Crippen LogP contribution < -0.4 is 19.1 Å². The summed E-state index contributed by atoms with van der Waals surface area (Å²) >= 11 is 0. The van der Waals surface area contributed by atoms with E-state index in [0.29, 0.717) is 22.9 Å². The molecule has 0 saturated heterocycles. The first-order chi connectivity index (χ1) is 16.6. The predicted octanol–water partition coefficient (Wildman–Crippen LogP) is 3.63. The fraction of sp³-hybridized carbons (Fsp3) is 0.200. The second-order valence-corrected chi connectivity index (χ2v) is 9.49. The summed E-state index contributed by atoms with van der Waals surface area (Å²) in [6.07, 6.45) is 0. The molecular weight excluding hydrogens is 472 g/mol. The number of ether oxygens (including phenoxy) is 3. The number of nitrogens with one attached hydrogen (secondary N) is 1. The van der Waals surface area contributed by atoms with Gasteiger partial charge in [-0.3, -0.25) is 9.10 Å². The molecule has 0 bridgehead atoms. The van der Waals surface area contributed by atoms with E-state index >= 15 is 0 Å². The Morgan fingerprint density at radius 1 is 0.914 bits per heavy atom. The second-order valence-electron chi connectivity index (χ2n) is 7.52. The van der Waals surface area contributed by atoms with Crippen LogP contribution in [0.1, 0.15) is 15.9 Å². The third-order valence-electron chi connectivity index (χ3n) is 5.16. The Labute approximate surface area is 204 Å². The lowest BCUT2D eigenvalue weighted by molar-refractivity contribution is -0.119. The first-order valence-corrected chi connectivity index (χ1v) is 11.9. The molecule has 0 aliphatic carbocycles. The Morgan fingerprint density at radius 3 is 2.17 bits per heavy atom. The Hall–Kier alpha value is -4.05. The average Bonchev–Trinajstić information content (AvgIpc) is 2.87. The van der Waals surface area contributed by atoms with Gasteiger partial charge in [0.05, 0.1) is 36.1 Å². The van der Waals surface area contributed by atoms with Gasteiger partial charge in [0, 0.05) is 13.1 Å².